The number of nitrogens with one attached hydrogen (secondary N) is 6. The number of carbonyl (C=O) groups excluding carboxylic acids is 3. The lowest BCUT2D eigenvalue weighted by Gasteiger charge is -2.51. The smallest absolute Gasteiger partial charge is 0.331 e. The number of rotatable bonds is 5. The second-order valence-corrected chi connectivity index (χ2v) is 11.4. The standard InChI is InChI=1S/C28H31N9O5/c29-24-33-22-19(12-36-21(38)14-35(26(36)40)16-8-2-1-3-9-16)31-25(30)37-13-20(28(41,42)27(22,37)34-24)32-23(39)18-11-5-7-15-6-4-10-17(15)18/h1-3,5,7-9,11,19-20,22,41-42H,4,6,10,12-14H2,(H2,30,31)(H,32,39)(H3,29,33,34)/t19-,20?,22-,27-/m0/s1. The van der Waals surface area contributed by atoms with E-state index in [1.165, 1.54) is 9.80 Å². The first-order chi connectivity index (χ1) is 20.1. The van der Waals surface area contributed by atoms with Crippen LogP contribution in [0.5, 0.6) is 0 Å². The molecule has 4 atom stereocenters. The molecule has 1 aliphatic carbocycles. The molecule has 14 heteroatoms. The van der Waals surface area contributed by atoms with Crippen LogP contribution >= 0.6 is 0 Å². The van der Waals surface area contributed by atoms with E-state index in [1.54, 1.807) is 36.4 Å². The van der Waals surface area contributed by atoms with E-state index in [0.29, 0.717) is 11.3 Å². The van der Waals surface area contributed by atoms with Crippen LogP contribution in [-0.2, 0) is 17.6 Å². The number of nitrogens with zero attached hydrogens (tertiary/aromatic N) is 3. The van der Waals surface area contributed by atoms with Gasteiger partial charge in [-0.1, -0.05) is 30.3 Å². The highest BCUT2D eigenvalue weighted by atomic mass is 16.5. The van der Waals surface area contributed by atoms with E-state index < -0.39 is 47.4 Å². The maximum Gasteiger partial charge on any atom is 0.331 e. The Kier molecular flexibility index (Phi) is 5.72. The van der Waals surface area contributed by atoms with Gasteiger partial charge >= 0.3 is 6.03 Å². The average Bonchev–Trinajstić information content (AvgIpc) is 3.71. The van der Waals surface area contributed by atoms with Crippen molar-refractivity contribution in [3.63, 3.8) is 0 Å². The molecule has 2 aromatic carbocycles. The number of hydrogen-bond acceptors (Lipinski definition) is 7. The van der Waals surface area contributed by atoms with E-state index in [1.807, 2.05) is 12.1 Å². The van der Waals surface area contributed by atoms with E-state index in [-0.39, 0.29) is 31.6 Å². The van der Waals surface area contributed by atoms with Crippen LogP contribution in [0.3, 0.4) is 0 Å². The number of para-hydroxylation sites is 1. The molecule has 1 unspecified atom stereocenters. The van der Waals surface area contributed by atoms with Crippen LogP contribution in [0.4, 0.5) is 10.5 Å². The number of anilines is 1. The highest BCUT2D eigenvalue weighted by Gasteiger charge is 2.74. The number of guanidine groups is 2. The molecule has 4 fully saturated rings. The number of benzene rings is 2. The third-order valence-electron chi connectivity index (χ3n) is 9.10. The van der Waals surface area contributed by atoms with Gasteiger partial charge < -0.3 is 36.4 Å². The molecule has 0 radical (unpaired) electrons. The largest absolute Gasteiger partial charge is 0.361 e. The summed E-state index contributed by atoms with van der Waals surface area (Å²) in [5.74, 6) is -3.99. The third-order valence-corrected chi connectivity index (χ3v) is 9.10. The van der Waals surface area contributed by atoms with Crippen molar-refractivity contribution >= 4 is 35.5 Å². The van der Waals surface area contributed by atoms with Crippen molar-refractivity contribution in [2.75, 3.05) is 24.5 Å². The van der Waals surface area contributed by atoms with E-state index in [0.717, 1.165) is 35.3 Å². The van der Waals surface area contributed by atoms with E-state index in [2.05, 4.69) is 21.3 Å². The molecule has 8 N–H and O–H groups in total. The zero-order valence-corrected chi connectivity index (χ0v) is 22.6. The molecular weight excluding hydrogens is 542 g/mol. The van der Waals surface area contributed by atoms with Crippen molar-refractivity contribution in [2.24, 2.45) is 0 Å². The summed E-state index contributed by atoms with van der Waals surface area (Å²) in [4.78, 5) is 43.5. The first-order valence-electron chi connectivity index (χ1n) is 13.9. The number of aliphatic hydroxyl groups is 2. The van der Waals surface area contributed by atoms with Crippen molar-refractivity contribution in [1.82, 2.24) is 31.1 Å². The number of urea groups is 1. The molecule has 4 saturated heterocycles. The Balaban J connectivity index is 1.16. The molecule has 14 nitrogen and oxygen atoms in total. The van der Waals surface area contributed by atoms with Crippen LogP contribution in [0, 0.1) is 10.8 Å². The van der Waals surface area contributed by atoms with Gasteiger partial charge in [-0.2, -0.15) is 0 Å². The normalized spacial score (nSPS) is 29.1. The Labute approximate surface area is 240 Å². The molecule has 42 heavy (non-hydrogen) atoms. The van der Waals surface area contributed by atoms with Crippen molar-refractivity contribution < 1.29 is 24.6 Å². The lowest BCUT2D eigenvalue weighted by atomic mass is 9.84. The van der Waals surface area contributed by atoms with Crippen molar-refractivity contribution in [3.05, 3.63) is 65.2 Å². The Hall–Kier alpha value is -4.69. The summed E-state index contributed by atoms with van der Waals surface area (Å²) in [5, 5.41) is 52.0. The average molecular weight is 574 g/mol. The number of imide groups is 1. The quantitative estimate of drug-likeness (QED) is 0.161. The highest BCUT2D eigenvalue weighted by molar-refractivity contribution is 6.12. The molecule has 2 aromatic rings. The number of carbonyl (C=O) groups is 3. The summed E-state index contributed by atoms with van der Waals surface area (Å²) in [7, 11) is 0. The Bertz CT molecular complexity index is 1530. The number of aryl methyl sites for hydroxylation is 1. The van der Waals surface area contributed by atoms with Gasteiger partial charge in [0.15, 0.2) is 17.6 Å². The Morgan fingerprint density at radius 3 is 2.62 bits per heavy atom. The van der Waals surface area contributed by atoms with Gasteiger partial charge in [0.05, 0.1) is 18.6 Å². The molecule has 4 amide bonds. The van der Waals surface area contributed by atoms with Crippen molar-refractivity contribution in [1.29, 1.82) is 10.8 Å². The monoisotopic (exact) mass is 573 g/mol. The molecule has 7 rings (SSSR count). The van der Waals surface area contributed by atoms with Gasteiger partial charge in [-0.25, -0.2) is 4.79 Å². The van der Waals surface area contributed by atoms with E-state index in [4.69, 9.17) is 10.8 Å². The maximum absolute atomic E-state index is 13.4. The topological polar surface area (TPSA) is 197 Å². The first-order valence-corrected chi connectivity index (χ1v) is 13.9. The number of hydrogen-bond donors (Lipinski definition) is 8. The molecule has 0 saturated carbocycles. The summed E-state index contributed by atoms with van der Waals surface area (Å²) >= 11 is 0. The minimum absolute atomic E-state index is 0.145. The minimum Gasteiger partial charge on any atom is -0.361 e. The zero-order chi connectivity index (χ0) is 29.4. The summed E-state index contributed by atoms with van der Waals surface area (Å²) in [6.07, 6.45) is 2.59. The fourth-order valence-corrected chi connectivity index (χ4v) is 7.13. The van der Waals surface area contributed by atoms with Crippen LogP contribution in [0.15, 0.2) is 48.5 Å². The molecule has 218 valence electrons. The Morgan fingerprint density at radius 2 is 1.83 bits per heavy atom. The minimum atomic E-state index is -2.66. The van der Waals surface area contributed by atoms with Crippen LogP contribution in [0.2, 0.25) is 0 Å². The van der Waals surface area contributed by atoms with E-state index >= 15 is 0 Å². The predicted molar refractivity (Wildman–Crippen MR) is 150 cm³/mol. The van der Waals surface area contributed by atoms with Gasteiger partial charge in [0.1, 0.15) is 12.6 Å². The predicted octanol–water partition coefficient (Wildman–Crippen LogP) is -1.16. The lowest BCUT2D eigenvalue weighted by Crippen LogP contribution is -2.81. The van der Waals surface area contributed by atoms with Crippen molar-refractivity contribution in [3.8, 4) is 0 Å². The van der Waals surface area contributed by atoms with Gasteiger partial charge in [0, 0.05) is 17.8 Å². The molecule has 0 bridgehead atoms. The SMILES string of the molecule is N=C1N[C@H]2[C@H](CN3C(=O)CN(c4ccccc4)C3=O)NC(=N)N3CC(NC(=O)c4cccc5c4CCC5)C(O)(O)[C@]23N1. The number of amides is 4. The summed E-state index contributed by atoms with van der Waals surface area (Å²) in [6, 6.07) is 10.7. The second-order valence-electron chi connectivity index (χ2n) is 11.4. The molecule has 1 spiro atoms. The summed E-state index contributed by atoms with van der Waals surface area (Å²) in [5.41, 5.74) is 1.24. The molecular formula is C28H31N9O5. The number of fused-ring (bicyclic) bond motifs is 1. The van der Waals surface area contributed by atoms with Crippen molar-refractivity contribution in [2.45, 2.75) is 48.8 Å². The highest BCUT2D eigenvalue weighted by Crippen LogP contribution is 2.43. The molecule has 0 aromatic heterocycles. The van der Waals surface area contributed by atoms with Crippen LogP contribution in [-0.4, -0.2) is 99.0 Å². The van der Waals surface area contributed by atoms with Crippen LogP contribution < -0.4 is 26.2 Å². The molecule has 4 heterocycles. The van der Waals surface area contributed by atoms with Gasteiger partial charge in [-0.15, -0.1) is 0 Å². The van der Waals surface area contributed by atoms with Crippen LogP contribution in [0.1, 0.15) is 27.9 Å². The lowest BCUT2D eigenvalue weighted by molar-refractivity contribution is -0.232. The Morgan fingerprint density at radius 1 is 1.05 bits per heavy atom. The summed E-state index contributed by atoms with van der Waals surface area (Å²) in [6.45, 7) is -0.499. The van der Waals surface area contributed by atoms with E-state index in [9.17, 15) is 24.6 Å². The molecule has 5 aliphatic rings. The fourth-order valence-electron chi connectivity index (χ4n) is 7.13. The first kappa shape index (κ1) is 26.2. The van der Waals surface area contributed by atoms with Crippen LogP contribution in [0.25, 0.3) is 0 Å². The van der Waals surface area contributed by atoms with Gasteiger partial charge in [0.25, 0.3) is 11.8 Å². The zero-order valence-electron chi connectivity index (χ0n) is 22.6. The van der Waals surface area contributed by atoms with Gasteiger partial charge in [0.2, 0.25) is 5.79 Å². The fraction of sp³-hybridized carbons (Fsp3) is 0.393. The molecule has 4 aliphatic heterocycles. The third kappa shape index (κ3) is 3.61. The summed E-state index contributed by atoms with van der Waals surface area (Å²) < 4.78 is 0. The van der Waals surface area contributed by atoms with Gasteiger partial charge in [-0.05, 0) is 48.6 Å². The maximum atomic E-state index is 13.4. The second kappa shape index (κ2) is 9.16. The van der Waals surface area contributed by atoms with Gasteiger partial charge in [-0.3, -0.25) is 30.2 Å².